The molecule has 1 radical (unpaired) electrons. The molecule has 0 N–H and O–H groups in total. The summed E-state index contributed by atoms with van der Waals surface area (Å²) in [5.41, 5.74) is -4.26. The molecular weight excluding hydrogens is 221 g/mol. The smallest absolute Gasteiger partial charge is 0.160 e. The molecule has 0 spiro atoms. The number of hydrogen-bond acceptors (Lipinski definition) is 1. The molecule has 77 valence electrons. The van der Waals surface area contributed by atoms with Crippen molar-refractivity contribution in [3.63, 3.8) is 0 Å². The van der Waals surface area contributed by atoms with Crippen molar-refractivity contribution in [3.8, 4) is 0 Å². The van der Waals surface area contributed by atoms with Crippen LogP contribution in [0.3, 0.4) is 0 Å². The molecule has 15 heavy (non-hydrogen) atoms. The third kappa shape index (κ3) is 2.45. The lowest BCUT2D eigenvalue weighted by Crippen LogP contribution is -1.99. The third-order valence-corrected chi connectivity index (χ3v) is 2.67. The maximum atomic E-state index is 12.2. The summed E-state index contributed by atoms with van der Waals surface area (Å²) in [6, 6.07) is 12.8. The van der Waals surface area contributed by atoms with E-state index < -0.39 is 5.51 Å². The molecule has 0 aliphatic heterocycles. The van der Waals surface area contributed by atoms with Crippen molar-refractivity contribution in [1.82, 2.24) is 0 Å². The maximum absolute atomic E-state index is 12.2. The van der Waals surface area contributed by atoms with Crippen molar-refractivity contribution >= 4 is 22.5 Å². The molecule has 0 aliphatic carbocycles. The lowest BCUT2D eigenvalue weighted by molar-refractivity contribution is -0.0327. The minimum absolute atomic E-state index is 0.125. The lowest BCUT2D eigenvalue weighted by Gasteiger charge is -2.07. The Kier molecular flexibility index (Phi) is 2.61. The number of rotatable bonds is 1. The topological polar surface area (TPSA) is 0 Å². The van der Waals surface area contributed by atoms with Gasteiger partial charge in [-0.3, -0.25) is 0 Å². The highest BCUT2D eigenvalue weighted by molar-refractivity contribution is 8.00. The van der Waals surface area contributed by atoms with Gasteiger partial charge in [0.2, 0.25) is 0 Å². The quantitative estimate of drug-likeness (QED) is 0.656. The second-order valence-corrected chi connectivity index (χ2v) is 4.02. The first-order chi connectivity index (χ1) is 7.06. The summed E-state index contributed by atoms with van der Waals surface area (Å²) in [6.45, 7) is 0. The Morgan fingerprint density at radius 1 is 1.07 bits per heavy atom. The van der Waals surface area contributed by atoms with Crippen molar-refractivity contribution in [2.24, 2.45) is 0 Å². The molecule has 0 fully saturated rings. The minimum atomic E-state index is -4.26. The van der Waals surface area contributed by atoms with Gasteiger partial charge in [0.1, 0.15) is 0 Å². The summed E-state index contributed by atoms with van der Waals surface area (Å²) in [5.74, 6) is 0. The molecule has 0 aliphatic rings. The SMILES string of the molecule is FC(F)(F)Sc1[c]ccc2ccccc12. The van der Waals surface area contributed by atoms with Gasteiger partial charge in [-0.1, -0.05) is 36.4 Å². The molecule has 0 aromatic heterocycles. The molecule has 0 nitrogen and oxygen atoms in total. The fourth-order valence-corrected chi connectivity index (χ4v) is 1.99. The molecular formula is C11H6F3S. The largest absolute Gasteiger partial charge is 0.446 e. The van der Waals surface area contributed by atoms with Crippen LogP contribution in [0.25, 0.3) is 10.8 Å². The van der Waals surface area contributed by atoms with Gasteiger partial charge in [-0.05, 0) is 28.6 Å². The summed E-state index contributed by atoms with van der Waals surface area (Å²) >= 11 is -0.125. The number of benzene rings is 2. The van der Waals surface area contributed by atoms with Crippen molar-refractivity contribution in [2.75, 3.05) is 0 Å². The molecule has 2 rings (SSSR count). The number of hydrogen-bond donors (Lipinski definition) is 0. The summed E-state index contributed by atoms with van der Waals surface area (Å²) in [6.07, 6.45) is 0. The van der Waals surface area contributed by atoms with Crippen LogP contribution in [0.5, 0.6) is 0 Å². The normalized spacial score (nSPS) is 11.9. The van der Waals surface area contributed by atoms with E-state index in [4.69, 9.17) is 0 Å². The van der Waals surface area contributed by atoms with Crippen LogP contribution in [0.2, 0.25) is 0 Å². The third-order valence-electron chi connectivity index (χ3n) is 1.90. The van der Waals surface area contributed by atoms with E-state index in [0.29, 0.717) is 5.39 Å². The van der Waals surface area contributed by atoms with E-state index >= 15 is 0 Å². The fraction of sp³-hybridized carbons (Fsp3) is 0.0909. The van der Waals surface area contributed by atoms with Crippen LogP contribution in [0.4, 0.5) is 13.2 Å². The molecule has 4 heteroatoms. The number of halogens is 3. The van der Waals surface area contributed by atoms with Crippen LogP contribution in [-0.2, 0) is 0 Å². The average Bonchev–Trinajstić information content (AvgIpc) is 2.16. The Morgan fingerprint density at radius 3 is 2.53 bits per heavy atom. The number of thioether (sulfide) groups is 1. The van der Waals surface area contributed by atoms with Crippen LogP contribution < -0.4 is 0 Å². The van der Waals surface area contributed by atoms with Crippen LogP contribution in [0, 0.1) is 6.07 Å². The van der Waals surface area contributed by atoms with Gasteiger partial charge in [0.15, 0.2) is 0 Å². The van der Waals surface area contributed by atoms with Crippen LogP contribution in [0.1, 0.15) is 0 Å². The van der Waals surface area contributed by atoms with E-state index in [2.05, 4.69) is 6.07 Å². The zero-order valence-electron chi connectivity index (χ0n) is 7.51. The standard InChI is InChI=1S/C11H6F3S/c12-11(13,14)15-10-7-3-5-8-4-1-2-6-9(8)10/h1-6H. The number of alkyl halides is 3. The van der Waals surface area contributed by atoms with Gasteiger partial charge in [0.05, 0.1) is 0 Å². The minimum Gasteiger partial charge on any atom is -0.160 e. The zero-order valence-corrected chi connectivity index (χ0v) is 8.32. The van der Waals surface area contributed by atoms with Gasteiger partial charge in [-0.2, -0.15) is 13.2 Å². The van der Waals surface area contributed by atoms with Crippen molar-refractivity contribution in [1.29, 1.82) is 0 Å². The van der Waals surface area contributed by atoms with E-state index in [0.717, 1.165) is 5.39 Å². The van der Waals surface area contributed by atoms with E-state index in [1.807, 2.05) is 0 Å². The van der Waals surface area contributed by atoms with Gasteiger partial charge in [0.25, 0.3) is 0 Å². The Hall–Kier alpha value is -1.16. The second-order valence-electron chi connectivity index (χ2n) is 2.94. The molecule has 0 saturated heterocycles. The van der Waals surface area contributed by atoms with Crippen LogP contribution in [-0.4, -0.2) is 5.51 Å². The van der Waals surface area contributed by atoms with Crippen molar-refractivity contribution < 1.29 is 13.2 Å². The Bertz CT molecular complexity index is 471. The summed E-state index contributed by atoms with van der Waals surface area (Å²) < 4.78 is 36.6. The van der Waals surface area contributed by atoms with Gasteiger partial charge in [-0.15, -0.1) is 0 Å². The monoisotopic (exact) mass is 227 g/mol. The highest BCUT2D eigenvalue weighted by Gasteiger charge is 2.29. The van der Waals surface area contributed by atoms with Gasteiger partial charge >= 0.3 is 5.51 Å². The van der Waals surface area contributed by atoms with E-state index in [1.54, 1.807) is 30.3 Å². The van der Waals surface area contributed by atoms with Gasteiger partial charge in [-0.25, -0.2) is 0 Å². The van der Waals surface area contributed by atoms with Gasteiger partial charge < -0.3 is 0 Å². The Labute approximate surface area is 89.1 Å². The number of fused-ring (bicyclic) bond motifs is 1. The molecule has 0 atom stereocenters. The average molecular weight is 227 g/mol. The second kappa shape index (κ2) is 3.77. The first kappa shape index (κ1) is 10.4. The highest BCUT2D eigenvalue weighted by atomic mass is 32.2. The molecule has 0 heterocycles. The Morgan fingerprint density at radius 2 is 1.80 bits per heavy atom. The summed E-state index contributed by atoms with van der Waals surface area (Å²) in [5, 5.41) is 1.38. The zero-order chi connectivity index (χ0) is 10.9. The predicted molar refractivity (Wildman–Crippen MR) is 54.7 cm³/mol. The first-order valence-electron chi connectivity index (χ1n) is 4.21. The van der Waals surface area contributed by atoms with E-state index in [-0.39, 0.29) is 16.7 Å². The van der Waals surface area contributed by atoms with Crippen LogP contribution >= 0.6 is 11.8 Å². The first-order valence-corrected chi connectivity index (χ1v) is 5.03. The highest BCUT2D eigenvalue weighted by Crippen LogP contribution is 2.39. The summed E-state index contributed by atoms with van der Waals surface area (Å²) in [7, 11) is 0. The molecule has 0 saturated carbocycles. The van der Waals surface area contributed by atoms with E-state index in [1.165, 1.54) is 6.07 Å². The van der Waals surface area contributed by atoms with Gasteiger partial charge in [0, 0.05) is 4.90 Å². The molecule has 0 amide bonds. The molecule has 0 bridgehead atoms. The summed E-state index contributed by atoms with van der Waals surface area (Å²) in [4.78, 5) is 0.126. The van der Waals surface area contributed by atoms with Crippen LogP contribution in [0.15, 0.2) is 41.3 Å². The van der Waals surface area contributed by atoms with E-state index in [9.17, 15) is 13.2 Å². The van der Waals surface area contributed by atoms with Crippen molar-refractivity contribution in [3.05, 3.63) is 42.5 Å². The molecule has 2 aromatic carbocycles. The molecule has 0 unspecified atom stereocenters. The maximum Gasteiger partial charge on any atom is 0.446 e. The lowest BCUT2D eigenvalue weighted by atomic mass is 10.1. The fourth-order valence-electron chi connectivity index (χ4n) is 1.33. The Balaban J connectivity index is 2.52. The van der Waals surface area contributed by atoms with Crippen molar-refractivity contribution in [2.45, 2.75) is 10.4 Å². The molecule has 2 aromatic rings. The predicted octanol–water partition coefficient (Wildman–Crippen LogP) is 4.25.